The maximum atomic E-state index is 11.6. The van der Waals surface area contributed by atoms with Gasteiger partial charge in [-0.3, -0.25) is 14.9 Å². The number of amides is 2. The largest absolute Gasteiger partial charge is 0.289 e. The van der Waals surface area contributed by atoms with E-state index in [0.29, 0.717) is 0 Å². The van der Waals surface area contributed by atoms with Crippen LogP contribution in [0.5, 0.6) is 0 Å². The van der Waals surface area contributed by atoms with Crippen LogP contribution >= 0.6 is 0 Å². The van der Waals surface area contributed by atoms with Crippen LogP contribution < -0.4 is 5.32 Å². The van der Waals surface area contributed by atoms with E-state index in [9.17, 15) is 9.59 Å². The summed E-state index contributed by atoms with van der Waals surface area (Å²) in [4.78, 5) is 23.3. The molecule has 1 aliphatic heterocycles. The Labute approximate surface area is 104 Å². The van der Waals surface area contributed by atoms with E-state index >= 15 is 0 Å². The van der Waals surface area contributed by atoms with Crippen LogP contribution in [0.2, 0.25) is 0 Å². The normalized spacial score (nSPS) is 15.6. The van der Waals surface area contributed by atoms with E-state index in [1.54, 1.807) is 0 Å². The molecule has 0 aliphatic carbocycles. The summed E-state index contributed by atoms with van der Waals surface area (Å²) in [6, 6.07) is 0. The van der Waals surface area contributed by atoms with Crippen LogP contribution in [0.3, 0.4) is 0 Å². The minimum Gasteiger partial charge on any atom is -0.289 e. The zero-order valence-corrected chi connectivity index (χ0v) is 11.0. The molecule has 0 saturated carbocycles. The number of nitrogens with one attached hydrogen (secondary N) is 1. The van der Waals surface area contributed by atoms with Crippen molar-refractivity contribution in [1.82, 2.24) is 5.32 Å². The van der Waals surface area contributed by atoms with Crippen molar-refractivity contribution >= 4 is 11.8 Å². The maximum Gasteiger partial charge on any atom is 0.254 e. The number of hydrogen-bond acceptors (Lipinski definition) is 2. The molecule has 0 radical (unpaired) electrons. The molecule has 1 heterocycles. The van der Waals surface area contributed by atoms with E-state index in [0.717, 1.165) is 62.5 Å². The Kier molecular flexibility index (Phi) is 5.95. The maximum absolute atomic E-state index is 11.6. The predicted molar refractivity (Wildman–Crippen MR) is 68.5 cm³/mol. The summed E-state index contributed by atoms with van der Waals surface area (Å²) in [5.41, 5.74) is 1.50. The number of rotatable bonds is 8. The van der Waals surface area contributed by atoms with E-state index < -0.39 is 0 Å². The van der Waals surface area contributed by atoms with Gasteiger partial charge < -0.3 is 0 Å². The van der Waals surface area contributed by atoms with Gasteiger partial charge in [0.1, 0.15) is 0 Å². The Morgan fingerprint density at radius 2 is 1.18 bits per heavy atom. The van der Waals surface area contributed by atoms with E-state index in [2.05, 4.69) is 19.2 Å². The molecule has 0 aromatic carbocycles. The van der Waals surface area contributed by atoms with Crippen LogP contribution in [0.25, 0.3) is 0 Å². The van der Waals surface area contributed by atoms with Gasteiger partial charge in [-0.15, -0.1) is 0 Å². The van der Waals surface area contributed by atoms with Gasteiger partial charge in [0.25, 0.3) is 11.8 Å². The topological polar surface area (TPSA) is 46.2 Å². The van der Waals surface area contributed by atoms with Crippen molar-refractivity contribution in [3.05, 3.63) is 11.1 Å². The third kappa shape index (κ3) is 3.99. The molecular weight excluding hydrogens is 214 g/mol. The smallest absolute Gasteiger partial charge is 0.254 e. The van der Waals surface area contributed by atoms with Crippen molar-refractivity contribution < 1.29 is 9.59 Å². The predicted octanol–water partition coefficient (Wildman–Crippen LogP) is 3.10. The average Bonchev–Trinajstić information content (AvgIpc) is 2.56. The van der Waals surface area contributed by atoms with Crippen molar-refractivity contribution in [2.75, 3.05) is 0 Å². The minimum atomic E-state index is -0.155. The van der Waals surface area contributed by atoms with Gasteiger partial charge in [-0.2, -0.15) is 0 Å². The molecule has 1 N–H and O–H groups in total. The quantitative estimate of drug-likeness (QED) is 0.521. The summed E-state index contributed by atoms with van der Waals surface area (Å²) in [5, 5.41) is 2.42. The lowest BCUT2D eigenvalue weighted by atomic mass is 9.99. The zero-order chi connectivity index (χ0) is 12.7. The molecule has 3 heteroatoms. The fourth-order valence-electron chi connectivity index (χ4n) is 2.16. The SMILES string of the molecule is CCCCCC1=C(CCCCC)C(=O)NC1=O. The highest BCUT2D eigenvalue weighted by Gasteiger charge is 2.28. The molecule has 0 spiro atoms. The minimum absolute atomic E-state index is 0.155. The molecular formula is C14H23NO2. The number of carbonyl (C=O) groups excluding carboxylic acids is 2. The zero-order valence-electron chi connectivity index (χ0n) is 11.0. The molecule has 0 atom stereocenters. The van der Waals surface area contributed by atoms with Gasteiger partial charge >= 0.3 is 0 Å². The number of carbonyl (C=O) groups is 2. The third-order valence-corrected chi connectivity index (χ3v) is 3.20. The highest BCUT2D eigenvalue weighted by molar-refractivity contribution is 6.19. The van der Waals surface area contributed by atoms with E-state index in [4.69, 9.17) is 0 Å². The monoisotopic (exact) mass is 237 g/mol. The van der Waals surface area contributed by atoms with Crippen molar-refractivity contribution in [3.63, 3.8) is 0 Å². The van der Waals surface area contributed by atoms with Gasteiger partial charge in [0.15, 0.2) is 0 Å². The molecule has 96 valence electrons. The average molecular weight is 237 g/mol. The van der Waals surface area contributed by atoms with Gasteiger partial charge in [0.05, 0.1) is 0 Å². The van der Waals surface area contributed by atoms with E-state index in [1.165, 1.54) is 0 Å². The number of imide groups is 1. The highest BCUT2D eigenvalue weighted by Crippen LogP contribution is 2.23. The lowest BCUT2D eigenvalue weighted by Crippen LogP contribution is -2.23. The number of unbranched alkanes of at least 4 members (excludes halogenated alkanes) is 4. The van der Waals surface area contributed by atoms with Crippen LogP contribution in [0.4, 0.5) is 0 Å². The molecule has 0 bridgehead atoms. The molecule has 1 aliphatic rings. The van der Waals surface area contributed by atoms with Crippen LogP contribution in [0, 0.1) is 0 Å². The molecule has 0 aromatic heterocycles. The Balaban J connectivity index is 2.60. The van der Waals surface area contributed by atoms with Crippen LogP contribution in [0.15, 0.2) is 11.1 Å². The number of hydrogen-bond donors (Lipinski definition) is 1. The summed E-state index contributed by atoms with van der Waals surface area (Å²) >= 11 is 0. The van der Waals surface area contributed by atoms with Crippen molar-refractivity contribution in [2.24, 2.45) is 0 Å². The first-order valence-electron chi connectivity index (χ1n) is 6.78. The van der Waals surface area contributed by atoms with Gasteiger partial charge in [0.2, 0.25) is 0 Å². The van der Waals surface area contributed by atoms with Gasteiger partial charge in [-0.05, 0) is 25.7 Å². The molecule has 1 rings (SSSR count). The molecule has 0 fully saturated rings. The van der Waals surface area contributed by atoms with Crippen molar-refractivity contribution in [1.29, 1.82) is 0 Å². The molecule has 0 aromatic rings. The second-order valence-corrected chi connectivity index (χ2v) is 4.65. The lowest BCUT2D eigenvalue weighted by Gasteiger charge is -2.03. The van der Waals surface area contributed by atoms with Gasteiger partial charge in [0, 0.05) is 11.1 Å². The summed E-state index contributed by atoms with van der Waals surface area (Å²) in [5.74, 6) is -0.310. The van der Waals surface area contributed by atoms with Crippen LogP contribution in [-0.4, -0.2) is 11.8 Å². The van der Waals surface area contributed by atoms with Crippen molar-refractivity contribution in [3.8, 4) is 0 Å². The molecule has 0 saturated heterocycles. The second kappa shape index (κ2) is 7.25. The molecule has 0 unspecified atom stereocenters. The Morgan fingerprint density at radius 1 is 0.765 bits per heavy atom. The van der Waals surface area contributed by atoms with Crippen LogP contribution in [0.1, 0.15) is 65.2 Å². The summed E-state index contributed by atoms with van der Waals surface area (Å²) in [6.07, 6.45) is 8.02. The first kappa shape index (κ1) is 13.9. The Morgan fingerprint density at radius 3 is 1.53 bits per heavy atom. The second-order valence-electron chi connectivity index (χ2n) is 4.65. The molecule has 17 heavy (non-hydrogen) atoms. The first-order chi connectivity index (χ1) is 8.20. The third-order valence-electron chi connectivity index (χ3n) is 3.20. The fraction of sp³-hybridized carbons (Fsp3) is 0.714. The fourth-order valence-corrected chi connectivity index (χ4v) is 2.16. The molecule has 2 amide bonds. The highest BCUT2D eigenvalue weighted by atomic mass is 16.2. The Hall–Kier alpha value is -1.12. The standard InChI is InChI=1S/C14H23NO2/c1-3-5-7-9-11-12(10-8-6-4-2)14(17)15-13(11)16/h3-10H2,1-2H3,(H,15,16,17). The molecule has 3 nitrogen and oxygen atoms in total. The van der Waals surface area contributed by atoms with Crippen molar-refractivity contribution in [2.45, 2.75) is 65.2 Å². The van der Waals surface area contributed by atoms with E-state index in [-0.39, 0.29) is 11.8 Å². The summed E-state index contributed by atoms with van der Waals surface area (Å²) in [7, 11) is 0. The Bertz CT molecular complexity index is 288. The van der Waals surface area contributed by atoms with E-state index in [1.807, 2.05) is 0 Å². The van der Waals surface area contributed by atoms with Crippen LogP contribution in [-0.2, 0) is 9.59 Å². The summed E-state index contributed by atoms with van der Waals surface area (Å²) < 4.78 is 0. The van der Waals surface area contributed by atoms with Gasteiger partial charge in [-0.25, -0.2) is 0 Å². The first-order valence-corrected chi connectivity index (χ1v) is 6.78. The summed E-state index contributed by atoms with van der Waals surface area (Å²) in [6.45, 7) is 4.27. The lowest BCUT2D eigenvalue weighted by molar-refractivity contribution is -0.124. The van der Waals surface area contributed by atoms with Gasteiger partial charge in [-0.1, -0.05) is 39.5 Å².